The second-order valence-electron chi connectivity index (χ2n) is 17.7. The molecule has 2 aliphatic rings. The number of carboxylic acids is 1. The van der Waals surface area contributed by atoms with Gasteiger partial charge in [-0.2, -0.15) is 0 Å². The summed E-state index contributed by atoms with van der Waals surface area (Å²) in [5.74, 6) is -8.86. The molecule has 0 radical (unpaired) electrons. The van der Waals surface area contributed by atoms with Gasteiger partial charge in [0.15, 0.2) is 0 Å². The van der Waals surface area contributed by atoms with Crippen LogP contribution in [0.2, 0.25) is 0 Å². The molecular formula is C43H66N10O12S. The van der Waals surface area contributed by atoms with E-state index in [0.717, 1.165) is 5.56 Å². The fraction of sp³-hybridized carbons (Fsp3) is 0.628. The van der Waals surface area contributed by atoms with E-state index in [1.165, 1.54) is 23.6 Å². The molecular weight excluding hydrogens is 881 g/mol. The largest absolute Gasteiger partial charge is 0.480 e. The van der Waals surface area contributed by atoms with Crippen LogP contribution in [0.15, 0.2) is 30.3 Å². The highest BCUT2D eigenvalue weighted by atomic mass is 32.2. The monoisotopic (exact) mass is 946 g/mol. The number of nitrogens with one attached hydrogen (secondary N) is 7. The fourth-order valence-electron chi connectivity index (χ4n) is 7.30. The molecule has 23 heteroatoms. The lowest BCUT2D eigenvalue weighted by Gasteiger charge is -2.29. The maximum atomic E-state index is 13.9. The van der Waals surface area contributed by atoms with Crippen molar-refractivity contribution < 1.29 is 57.8 Å². The molecule has 0 aromatic heterocycles. The Balaban J connectivity index is 1.76. The second kappa shape index (κ2) is 25.2. The molecule has 2 unspecified atom stereocenters. The summed E-state index contributed by atoms with van der Waals surface area (Å²) in [6, 6.07) is 0.344. The summed E-state index contributed by atoms with van der Waals surface area (Å²) >= 11 is 1.37. The molecule has 366 valence electrons. The number of benzene rings is 1. The van der Waals surface area contributed by atoms with E-state index in [9.17, 15) is 53.1 Å². The minimum Gasteiger partial charge on any atom is -0.480 e. The molecule has 66 heavy (non-hydrogen) atoms. The third-order valence-corrected chi connectivity index (χ3v) is 12.2. The number of carbonyl (C=O) groups excluding carboxylic acids is 9. The number of rotatable bonds is 24. The van der Waals surface area contributed by atoms with Crippen LogP contribution >= 0.6 is 11.8 Å². The van der Waals surface area contributed by atoms with Crippen LogP contribution in [-0.4, -0.2) is 148 Å². The zero-order valence-electron chi connectivity index (χ0n) is 38.5. The summed E-state index contributed by atoms with van der Waals surface area (Å²) < 4.78 is 4.80. The smallest absolute Gasteiger partial charge is 0.326 e. The molecule has 1 aromatic carbocycles. The van der Waals surface area contributed by atoms with E-state index in [4.69, 9.17) is 16.2 Å². The lowest BCUT2D eigenvalue weighted by atomic mass is 10.0. The van der Waals surface area contributed by atoms with Gasteiger partial charge in [-0.05, 0) is 57.4 Å². The molecule has 0 aliphatic carbocycles. The van der Waals surface area contributed by atoms with Crippen LogP contribution in [0.4, 0.5) is 0 Å². The van der Waals surface area contributed by atoms with Crippen molar-refractivity contribution in [2.75, 3.05) is 26.2 Å². The zero-order valence-corrected chi connectivity index (χ0v) is 39.3. The van der Waals surface area contributed by atoms with Crippen molar-refractivity contribution in [1.82, 2.24) is 42.1 Å². The number of nitrogens with zero attached hydrogens (tertiary/aromatic N) is 1. The van der Waals surface area contributed by atoms with Crippen LogP contribution in [0, 0.1) is 11.8 Å². The van der Waals surface area contributed by atoms with Crippen molar-refractivity contribution in [3.8, 4) is 0 Å². The fourth-order valence-corrected chi connectivity index (χ4v) is 8.70. The Morgan fingerprint density at radius 3 is 2.14 bits per heavy atom. The summed E-state index contributed by atoms with van der Waals surface area (Å²) in [6.45, 7) is 10.7. The third-order valence-electron chi connectivity index (χ3n) is 10.8. The van der Waals surface area contributed by atoms with Gasteiger partial charge in [-0.3, -0.25) is 48.5 Å². The first-order valence-corrected chi connectivity index (χ1v) is 22.7. The molecule has 12 N–H and O–H groups in total. The van der Waals surface area contributed by atoms with Crippen molar-refractivity contribution in [1.29, 1.82) is 0 Å². The number of nitrogens with two attached hydrogens (primary N) is 2. The number of esters is 1. The number of carbonyl (C=O) groups is 10. The van der Waals surface area contributed by atoms with Crippen molar-refractivity contribution in [2.45, 2.75) is 133 Å². The van der Waals surface area contributed by atoms with Crippen LogP contribution in [0.1, 0.15) is 79.7 Å². The number of ether oxygens (including phenoxy) is 1. The predicted octanol–water partition coefficient (Wildman–Crippen LogP) is -2.25. The molecule has 3 rings (SSSR count). The SMILES string of the molecule is CC(C)C[C@H](N)C(=O)N1CCC[C@H]1C(=O)N[C@@H](C)C(=O)N[C@@H](COC(=O)C1NC(CNC(=O)Cc2ccccc2)SC1(C)C)C(=O)N[C@@H](CC(N)=O)C(=O)NCC(=O)N[C@H](C(=O)O)C(C)C. The van der Waals surface area contributed by atoms with Crippen LogP contribution in [0.25, 0.3) is 0 Å². The number of hydrogen-bond donors (Lipinski definition) is 10. The highest BCUT2D eigenvalue weighted by molar-refractivity contribution is 8.01. The summed E-state index contributed by atoms with van der Waals surface area (Å²) in [7, 11) is 0. The van der Waals surface area contributed by atoms with Gasteiger partial charge in [0.25, 0.3) is 0 Å². The second-order valence-corrected chi connectivity index (χ2v) is 19.6. The Morgan fingerprint density at radius 1 is 0.879 bits per heavy atom. The molecule has 8 amide bonds. The lowest BCUT2D eigenvalue weighted by molar-refractivity contribution is -0.149. The van der Waals surface area contributed by atoms with E-state index in [1.807, 2.05) is 44.2 Å². The first-order valence-electron chi connectivity index (χ1n) is 21.9. The zero-order chi connectivity index (χ0) is 49.5. The van der Waals surface area contributed by atoms with Gasteiger partial charge in [0.2, 0.25) is 47.3 Å². The van der Waals surface area contributed by atoms with Crippen LogP contribution in [0.3, 0.4) is 0 Å². The van der Waals surface area contributed by atoms with Gasteiger partial charge in [0.1, 0.15) is 42.9 Å². The summed E-state index contributed by atoms with van der Waals surface area (Å²) in [5, 5.41) is 26.7. The lowest BCUT2D eigenvalue weighted by Crippen LogP contribution is -2.60. The van der Waals surface area contributed by atoms with Gasteiger partial charge in [-0.1, -0.05) is 58.0 Å². The highest BCUT2D eigenvalue weighted by Gasteiger charge is 2.46. The average Bonchev–Trinajstić information content (AvgIpc) is 3.85. The number of aliphatic carboxylic acids is 1. The Bertz CT molecular complexity index is 1940. The topological polar surface area (TPSA) is 340 Å². The van der Waals surface area contributed by atoms with Gasteiger partial charge in [0, 0.05) is 17.8 Å². The van der Waals surface area contributed by atoms with Gasteiger partial charge in [-0.15, -0.1) is 11.8 Å². The van der Waals surface area contributed by atoms with Crippen LogP contribution < -0.4 is 48.7 Å². The molecule has 0 spiro atoms. The number of thioether (sulfide) groups is 1. The molecule has 2 heterocycles. The predicted molar refractivity (Wildman–Crippen MR) is 241 cm³/mol. The molecule has 8 atom stereocenters. The minimum absolute atomic E-state index is 0.128. The third kappa shape index (κ3) is 16.9. The van der Waals surface area contributed by atoms with Crippen LogP contribution in [-0.2, 0) is 59.1 Å². The highest BCUT2D eigenvalue weighted by Crippen LogP contribution is 2.38. The van der Waals surface area contributed by atoms with E-state index in [1.54, 1.807) is 27.7 Å². The summed E-state index contributed by atoms with van der Waals surface area (Å²) in [5.41, 5.74) is 12.3. The van der Waals surface area contributed by atoms with Crippen molar-refractivity contribution in [2.24, 2.45) is 23.3 Å². The Morgan fingerprint density at radius 2 is 1.53 bits per heavy atom. The standard InChI is InChI=1S/C43H66N10O12S/c1-22(2)16-26(44)40(61)53-15-11-14-29(53)39(60)48-24(5)36(57)50-28(38(59)49-27(18-30(45)54)37(58)47-19-32(56)51-34(23(3)4)41(62)63)21-65-42(64)35-43(6,7)66-33(52-35)20-46-31(55)17-25-12-9-8-10-13-25/h8-10,12-13,22-24,26-29,33-35,52H,11,14-21,44H2,1-7H3,(H2,45,54)(H,46,55)(H,47,58)(H,48,60)(H,49,59)(H,50,57)(H,51,56)(H,62,63)/t24-,26-,27-,28-,29-,33?,34-,35?/m0/s1. The Hall–Kier alpha value is -5.81. The van der Waals surface area contributed by atoms with Gasteiger partial charge in [0.05, 0.1) is 30.8 Å². The van der Waals surface area contributed by atoms with Crippen molar-refractivity contribution in [3.63, 3.8) is 0 Å². The van der Waals surface area contributed by atoms with Crippen molar-refractivity contribution >= 4 is 71.0 Å². The molecule has 22 nitrogen and oxygen atoms in total. The van der Waals surface area contributed by atoms with E-state index < -0.39 is 131 Å². The van der Waals surface area contributed by atoms with E-state index in [2.05, 4.69) is 37.2 Å². The maximum absolute atomic E-state index is 13.9. The number of hydrogen-bond acceptors (Lipinski definition) is 14. The molecule has 2 fully saturated rings. The van der Waals surface area contributed by atoms with E-state index in [0.29, 0.717) is 19.3 Å². The van der Waals surface area contributed by atoms with E-state index in [-0.39, 0.29) is 31.3 Å². The number of likely N-dealkylation sites (tertiary alicyclic amines) is 1. The number of amides is 8. The van der Waals surface area contributed by atoms with Gasteiger partial charge < -0.3 is 58.1 Å². The van der Waals surface area contributed by atoms with Crippen LogP contribution in [0.5, 0.6) is 0 Å². The quantitative estimate of drug-likeness (QED) is 0.0490. The van der Waals surface area contributed by atoms with Gasteiger partial charge in [-0.25, -0.2) is 4.79 Å². The van der Waals surface area contributed by atoms with Crippen molar-refractivity contribution in [3.05, 3.63) is 35.9 Å². The molecule has 0 saturated carbocycles. The first-order chi connectivity index (χ1) is 30.9. The number of primary amides is 1. The summed E-state index contributed by atoms with van der Waals surface area (Å²) in [6.07, 6.45) is 0.606. The first kappa shape index (κ1) is 54.5. The van der Waals surface area contributed by atoms with E-state index >= 15 is 0 Å². The Labute approximate surface area is 388 Å². The maximum Gasteiger partial charge on any atom is 0.326 e. The molecule has 2 aliphatic heterocycles. The number of carboxylic acid groups (broad SMARTS) is 1. The molecule has 2 saturated heterocycles. The Kier molecular flexibility index (Phi) is 20.8. The average molecular weight is 947 g/mol. The summed E-state index contributed by atoms with van der Waals surface area (Å²) in [4.78, 5) is 131. The molecule has 1 aromatic rings. The normalized spacial score (nSPS) is 19.9. The minimum atomic E-state index is -1.75. The van der Waals surface area contributed by atoms with Gasteiger partial charge >= 0.3 is 11.9 Å². The molecule has 0 bridgehead atoms.